The molecule has 2 fully saturated rings. The predicted molar refractivity (Wildman–Crippen MR) is 86.2 cm³/mol. The Hall–Kier alpha value is -0.650. The summed E-state index contributed by atoms with van der Waals surface area (Å²) < 4.78 is 0. The third-order valence-electron chi connectivity index (χ3n) is 5.14. The van der Waals surface area contributed by atoms with Crippen molar-refractivity contribution in [1.29, 1.82) is 0 Å². The van der Waals surface area contributed by atoms with Crippen molar-refractivity contribution in [2.24, 2.45) is 5.73 Å². The van der Waals surface area contributed by atoms with Crippen molar-refractivity contribution in [3.05, 3.63) is 0 Å². The summed E-state index contributed by atoms with van der Waals surface area (Å²) in [4.78, 5) is 19.2. The summed E-state index contributed by atoms with van der Waals surface area (Å²) in [7, 11) is 4.32. The van der Waals surface area contributed by atoms with Gasteiger partial charge < -0.3 is 15.5 Å². The second kappa shape index (κ2) is 8.11. The maximum atomic E-state index is 12.5. The molecule has 0 aliphatic carbocycles. The van der Waals surface area contributed by atoms with Crippen molar-refractivity contribution >= 4 is 5.91 Å². The molecule has 2 unspecified atom stereocenters. The van der Waals surface area contributed by atoms with E-state index in [0.717, 1.165) is 32.5 Å². The number of hydrogen-bond donors (Lipinski definition) is 1. The van der Waals surface area contributed by atoms with Gasteiger partial charge in [-0.2, -0.15) is 0 Å². The standard InChI is InChI=1S/C16H32N4O/c1-18-8-6-7-14(13-18)19(2)15(12-17)11-16(21)20-9-4-3-5-10-20/h14-15H,3-13,17H2,1-2H3. The van der Waals surface area contributed by atoms with Crippen LogP contribution in [0.25, 0.3) is 0 Å². The molecule has 21 heavy (non-hydrogen) atoms. The number of carbonyl (C=O) groups is 1. The SMILES string of the molecule is CN1CCCC(N(C)C(CN)CC(=O)N2CCCCC2)C1. The van der Waals surface area contributed by atoms with E-state index in [1.807, 2.05) is 4.90 Å². The molecule has 0 bridgehead atoms. The number of hydrogen-bond acceptors (Lipinski definition) is 4. The van der Waals surface area contributed by atoms with E-state index in [1.54, 1.807) is 0 Å². The number of likely N-dealkylation sites (N-methyl/N-ethyl adjacent to an activating group) is 2. The minimum Gasteiger partial charge on any atom is -0.343 e. The number of rotatable bonds is 5. The quantitative estimate of drug-likeness (QED) is 0.813. The van der Waals surface area contributed by atoms with Crippen LogP contribution in [0.3, 0.4) is 0 Å². The van der Waals surface area contributed by atoms with Crippen LogP contribution >= 0.6 is 0 Å². The highest BCUT2D eigenvalue weighted by Crippen LogP contribution is 2.18. The van der Waals surface area contributed by atoms with Gasteiger partial charge >= 0.3 is 0 Å². The lowest BCUT2D eigenvalue weighted by Crippen LogP contribution is -2.52. The van der Waals surface area contributed by atoms with Gasteiger partial charge in [0.15, 0.2) is 0 Å². The lowest BCUT2D eigenvalue weighted by Gasteiger charge is -2.40. The number of piperidine rings is 2. The van der Waals surface area contributed by atoms with Gasteiger partial charge in [-0.15, -0.1) is 0 Å². The molecule has 2 aliphatic heterocycles. The van der Waals surface area contributed by atoms with Crippen LogP contribution in [0, 0.1) is 0 Å². The van der Waals surface area contributed by atoms with E-state index in [0.29, 0.717) is 24.9 Å². The summed E-state index contributed by atoms with van der Waals surface area (Å²) in [6.07, 6.45) is 6.61. The fourth-order valence-electron chi connectivity index (χ4n) is 3.64. The number of amides is 1. The smallest absolute Gasteiger partial charge is 0.224 e. The van der Waals surface area contributed by atoms with E-state index >= 15 is 0 Å². The Morgan fingerprint density at radius 2 is 1.95 bits per heavy atom. The second-order valence-corrected chi connectivity index (χ2v) is 6.76. The molecule has 0 spiro atoms. The van der Waals surface area contributed by atoms with E-state index in [1.165, 1.54) is 25.8 Å². The molecule has 2 N–H and O–H groups in total. The first-order valence-electron chi connectivity index (χ1n) is 8.50. The molecule has 2 atom stereocenters. The van der Waals surface area contributed by atoms with Crippen LogP contribution < -0.4 is 5.73 Å². The normalized spacial score (nSPS) is 26.1. The third-order valence-corrected chi connectivity index (χ3v) is 5.14. The molecule has 2 aliphatic rings. The highest BCUT2D eigenvalue weighted by atomic mass is 16.2. The third kappa shape index (κ3) is 4.66. The van der Waals surface area contributed by atoms with Crippen molar-refractivity contribution < 1.29 is 4.79 Å². The lowest BCUT2D eigenvalue weighted by atomic mass is 10.0. The highest BCUT2D eigenvalue weighted by molar-refractivity contribution is 5.77. The van der Waals surface area contributed by atoms with Gasteiger partial charge in [-0.25, -0.2) is 0 Å². The van der Waals surface area contributed by atoms with Crippen LogP contribution in [0.5, 0.6) is 0 Å². The molecule has 2 heterocycles. The Balaban J connectivity index is 1.87. The van der Waals surface area contributed by atoms with E-state index in [4.69, 9.17) is 5.73 Å². The summed E-state index contributed by atoms with van der Waals surface area (Å²) in [5, 5.41) is 0. The summed E-state index contributed by atoms with van der Waals surface area (Å²) in [6, 6.07) is 0.711. The summed E-state index contributed by atoms with van der Waals surface area (Å²) in [5.74, 6) is 0.293. The minimum absolute atomic E-state index is 0.177. The Morgan fingerprint density at radius 1 is 1.24 bits per heavy atom. The molecule has 122 valence electrons. The molecule has 0 radical (unpaired) electrons. The molecule has 0 aromatic carbocycles. The molecule has 0 aromatic heterocycles. The number of likely N-dealkylation sites (tertiary alicyclic amines) is 2. The van der Waals surface area contributed by atoms with Gasteiger partial charge in [0.2, 0.25) is 5.91 Å². The average Bonchev–Trinajstić information content (AvgIpc) is 2.52. The molecular formula is C16H32N4O. The van der Waals surface area contributed by atoms with Crippen LogP contribution in [0.15, 0.2) is 0 Å². The fraction of sp³-hybridized carbons (Fsp3) is 0.938. The number of nitrogens with zero attached hydrogens (tertiary/aromatic N) is 3. The van der Waals surface area contributed by atoms with Crippen LogP contribution in [-0.2, 0) is 4.79 Å². The van der Waals surface area contributed by atoms with E-state index < -0.39 is 0 Å². The first kappa shape index (κ1) is 16.7. The van der Waals surface area contributed by atoms with E-state index in [-0.39, 0.29) is 6.04 Å². The van der Waals surface area contributed by atoms with Gasteiger partial charge in [0, 0.05) is 44.7 Å². The fourth-order valence-corrected chi connectivity index (χ4v) is 3.64. The van der Waals surface area contributed by atoms with Gasteiger partial charge in [0.05, 0.1) is 0 Å². The van der Waals surface area contributed by atoms with Gasteiger partial charge in [0.25, 0.3) is 0 Å². The topological polar surface area (TPSA) is 52.8 Å². The average molecular weight is 296 g/mol. The zero-order valence-electron chi connectivity index (χ0n) is 13.8. The second-order valence-electron chi connectivity index (χ2n) is 6.76. The Kier molecular flexibility index (Phi) is 6.45. The number of nitrogens with two attached hydrogens (primary N) is 1. The zero-order valence-corrected chi connectivity index (χ0v) is 13.8. The van der Waals surface area contributed by atoms with Crippen molar-refractivity contribution in [2.75, 3.05) is 46.8 Å². The Bertz CT molecular complexity index is 330. The molecule has 0 saturated carbocycles. The maximum Gasteiger partial charge on any atom is 0.224 e. The van der Waals surface area contributed by atoms with Crippen molar-refractivity contribution in [2.45, 2.75) is 50.6 Å². The van der Waals surface area contributed by atoms with E-state index in [2.05, 4.69) is 23.9 Å². The lowest BCUT2D eigenvalue weighted by molar-refractivity contribution is -0.133. The highest BCUT2D eigenvalue weighted by Gasteiger charge is 2.28. The van der Waals surface area contributed by atoms with Gasteiger partial charge in [-0.1, -0.05) is 0 Å². The molecule has 1 amide bonds. The van der Waals surface area contributed by atoms with Crippen LogP contribution in [-0.4, -0.2) is 79.5 Å². The van der Waals surface area contributed by atoms with Gasteiger partial charge in [-0.05, 0) is 52.7 Å². The number of carbonyl (C=O) groups excluding carboxylic acids is 1. The Morgan fingerprint density at radius 3 is 2.57 bits per heavy atom. The molecule has 5 nitrogen and oxygen atoms in total. The van der Waals surface area contributed by atoms with Crippen LogP contribution in [0.1, 0.15) is 38.5 Å². The molecule has 2 saturated heterocycles. The first-order valence-corrected chi connectivity index (χ1v) is 8.50. The maximum absolute atomic E-state index is 12.5. The molecular weight excluding hydrogens is 264 g/mol. The van der Waals surface area contributed by atoms with E-state index in [9.17, 15) is 4.79 Å². The Labute approximate surface area is 129 Å². The van der Waals surface area contributed by atoms with Crippen molar-refractivity contribution in [3.8, 4) is 0 Å². The molecule has 2 rings (SSSR count). The van der Waals surface area contributed by atoms with Crippen LogP contribution in [0.4, 0.5) is 0 Å². The van der Waals surface area contributed by atoms with Crippen molar-refractivity contribution in [3.63, 3.8) is 0 Å². The van der Waals surface area contributed by atoms with Crippen LogP contribution in [0.2, 0.25) is 0 Å². The largest absolute Gasteiger partial charge is 0.343 e. The summed E-state index contributed by atoms with van der Waals surface area (Å²) in [6.45, 7) is 4.71. The summed E-state index contributed by atoms with van der Waals surface area (Å²) >= 11 is 0. The monoisotopic (exact) mass is 296 g/mol. The molecule has 5 heteroatoms. The van der Waals surface area contributed by atoms with Gasteiger partial charge in [0.1, 0.15) is 0 Å². The summed E-state index contributed by atoms with van der Waals surface area (Å²) in [5.41, 5.74) is 5.97. The molecule has 0 aromatic rings. The van der Waals surface area contributed by atoms with Crippen molar-refractivity contribution in [1.82, 2.24) is 14.7 Å². The minimum atomic E-state index is 0.177. The zero-order chi connectivity index (χ0) is 15.2. The first-order chi connectivity index (χ1) is 10.1. The predicted octanol–water partition coefficient (Wildman–Crippen LogP) is 0.742. The van der Waals surface area contributed by atoms with Gasteiger partial charge in [-0.3, -0.25) is 9.69 Å².